The molecule has 4 rings (SSSR count). The van der Waals surface area contributed by atoms with E-state index in [1.54, 1.807) is 24.1 Å². The smallest absolute Gasteiger partial charge is 0.417 e. The maximum absolute atomic E-state index is 12.8. The highest BCUT2D eigenvalue weighted by molar-refractivity contribution is 5.94. The normalized spacial score (nSPS) is 19.0. The van der Waals surface area contributed by atoms with Crippen molar-refractivity contribution in [2.45, 2.75) is 30.7 Å². The molecule has 2 fully saturated rings. The number of ether oxygens (including phenoxy) is 3. The molecule has 2 aliphatic heterocycles. The summed E-state index contributed by atoms with van der Waals surface area (Å²) >= 11 is 0. The summed E-state index contributed by atoms with van der Waals surface area (Å²) in [5.74, 6) is 0.0920. The summed E-state index contributed by atoms with van der Waals surface area (Å²) in [6, 6.07) is 9.56. The maximum atomic E-state index is 12.8. The monoisotopic (exact) mass is 436 g/mol. The molecule has 9 heteroatoms. The molecule has 0 radical (unpaired) electrons. The minimum absolute atomic E-state index is 0.0611. The first-order valence-corrected chi connectivity index (χ1v) is 10.0. The Morgan fingerprint density at radius 2 is 1.81 bits per heavy atom. The molecule has 2 aromatic rings. The van der Waals surface area contributed by atoms with Crippen LogP contribution in [0.15, 0.2) is 42.6 Å². The lowest BCUT2D eigenvalue weighted by molar-refractivity contribution is -0.202. The number of carbonyl (C=O) groups excluding carboxylic acids is 1. The average molecular weight is 436 g/mol. The third-order valence-electron chi connectivity index (χ3n) is 5.80. The second-order valence-corrected chi connectivity index (χ2v) is 7.76. The number of aromatic nitrogens is 1. The van der Waals surface area contributed by atoms with Crippen LogP contribution in [0, 0.1) is 0 Å². The second-order valence-electron chi connectivity index (χ2n) is 7.76. The van der Waals surface area contributed by atoms with Crippen LogP contribution in [0.2, 0.25) is 0 Å². The Labute approximate surface area is 177 Å². The first-order valence-electron chi connectivity index (χ1n) is 10.0. The Morgan fingerprint density at radius 1 is 1.13 bits per heavy atom. The van der Waals surface area contributed by atoms with E-state index in [2.05, 4.69) is 4.98 Å². The van der Waals surface area contributed by atoms with E-state index in [9.17, 15) is 18.0 Å². The Kier molecular flexibility index (Phi) is 5.90. The summed E-state index contributed by atoms with van der Waals surface area (Å²) in [5, 5.41) is 0. The number of nitrogens with zero attached hydrogens (tertiary/aromatic N) is 2. The van der Waals surface area contributed by atoms with Gasteiger partial charge in [-0.1, -0.05) is 12.1 Å². The van der Waals surface area contributed by atoms with Gasteiger partial charge in [0.1, 0.15) is 11.7 Å². The SMILES string of the molecule is COC1(c2ccc(C(=O)N3CCC(Oc4ccc(C(F)(F)F)cn4)CC3)cc2)COC1. The Bertz CT molecular complexity index is 898. The molecule has 0 saturated carbocycles. The molecule has 0 N–H and O–H groups in total. The molecule has 3 heterocycles. The van der Waals surface area contributed by atoms with Crippen LogP contribution >= 0.6 is 0 Å². The summed E-state index contributed by atoms with van der Waals surface area (Å²) in [5.41, 5.74) is 0.337. The highest BCUT2D eigenvalue weighted by Crippen LogP contribution is 2.33. The molecule has 2 aliphatic rings. The van der Waals surface area contributed by atoms with Crippen LogP contribution in [-0.4, -0.2) is 55.3 Å². The van der Waals surface area contributed by atoms with Gasteiger partial charge < -0.3 is 19.1 Å². The van der Waals surface area contributed by atoms with E-state index in [1.165, 1.54) is 6.07 Å². The molecule has 0 aliphatic carbocycles. The van der Waals surface area contributed by atoms with Gasteiger partial charge in [-0.25, -0.2) is 4.98 Å². The number of hydrogen-bond acceptors (Lipinski definition) is 5. The Morgan fingerprint density at radius 3 is 2.29 bits per heavy atom. The van der Waals surface area contributed by atoms with Crippen molar-refractivity contribution >= 4 is 5.91 Å². The molecule has 6 nitrogen and oxygen atoms in total. The summed E-state index contributed by atoms with van der Waals surface area (Å²) in [6.07, 6.45) is -2.70. The van der Waals surface area contributed by atoms with Crippen molar-refractivity contribution in [1.29, 1.82) is 0 Å². The van der Waals surface area contributed by atoms with E-state index in [0.717, 1.165) is 17.8 Å². The molecule has 31 heavy (non-hydrogen) atoms. The molecule has 1 aromatic heterocycles. The number of likely N-dealkylation sites (tertiary alicyclic amines) is 1. The van der Waals surface area contributed by atoms with E-state index < -0.39 is 17.3 Å². The quantitative estimate of drug-likeness (QED) is 0.716. The fourth-order valence-electron chi connectivity index (χ4n) is 3.75. The molecule has 0 bridgehead atoms. The topological polar surface area (TPSA) is 60.9 Å². The van der Waals surface area contributed by atoms with Gasteiger partial charge in [-0.05, 0) is 23.8 Å². The van der Waals surface area contributed by atoms with Crippen molar-refractivity contribution < 1.29 is 32.2 Å². The van der Waals surface area contributed by atoms with Crippen LogP contribution in [0.5, 0.6) is 5.88 Å². The number of alkyl halides is 3. The van der Waals surface area contributed by atoms with Crippen molar-refractivity contribution in [3.8, 4) is 5.88 Å². The van der Waals surface area contributed by atoms with E-state index >= 15 is 0 Å². The zero-order valence-electron chi connectivity index (χ0n) is 17.0. The second kappa shape index (κ2) is 8.47. The standard InChI is InChI=1S/C22H23F3N2O4/c1-29-21(13-30-14-21)16-4-2-15(3-5-16)20(28)27-10-8-18(9-11-27)31-19-7-6-17(12-26-19)22(23,24)25/h2-7,12,18H,8-11,13-14H2,1H3. The van der Waals surface area contributed by atoms with E-state index in [0.29, 0.717) is 44.7 Å². The summed E-state index contributed by atoms with van der Waals surface area (Å²) in [6.45, 7) is 2.00. The van der Waals surface area contributed by atoms with Crippen molar-refractivity contribution in [1.82, 2.24) is 9.88 Å². The lowest BCUT2D eigenvalue weighted by atomic mass is 9.91. The number of benzene rings is 1. The molecule has 0 atom stereocenters. The number of rotatable bonds is 5. The van der Waals surface area contributed by atoms with Crippen LogP contribution in [0.1, 0.15) is 34.3 Å². The molecule has 166 valence electrons. The van der Waals surface area contributed by atoms with Gasteiger partial charge in [0.25, 0.3) is 5.91 Å². The fraction of sp³-hybridized carbons (Fsp3) is 0.455. The van der Waals surface area contributed by atoms with Crippen LogP contribution in [0.25, 0.3) is 0 Å². The first-order chi connectivity index (χ1) is 14.8. The molecular weight excluding hydrogens is 413 g/mol. The number of carbonyl (C=O) groups is 1. The predicted octanol–water partition coefficient (Wildman–Crippen LogP) is 3.66. The number of halogens is 3. The van der Waals surface area contributed by atoms with Gasteiger partial charge in [-0.15, -0.1) is 0 Å². The summed E-state index contributed by atoms with van der Waals surface area (Å²) < 4.78 is 54.4. The van der Waals surface area contributed by atoms with E-state index in [-0.39, 0.29) is 17.9 Å². The van der Waals surface area contributed by atoms with Crippen molar-refractivity contribution in [3.05, 3.63) is 59.3 Å². The third kappa shape index (κ3) is 4.52. The zero-order valence-corrected chi connectivity index (χ0v) is 17.0. The van der Waals surface area contributed by atoms with Crippen molar-refractivity contribution in [2.24, 2.45) is 0 Å². The summed E-state index contributed by atoms with van der Waals surface area (Å²) in [4.78, 5) is 18.3. The van der Waals surface area contributed by atoms with E-state index in [1.807, 2.05) is 12.1 Å². The van der Waals surface area contributed by atoms with Gasteiger partial charge in [0.05, 0.1) is 18.8 Å². The van der Waals surface area contributed by atoms with Crippen molar-refractivity contribution in [3.63, 3.8) is 0 Å². The van der Waals surface area contributed by atoms with Gasteiger partial charge in [-0.3, -0.25) is 4.79 Å². The van der Waals surface area contributed by atoms with Gasteiger partial charge in [-0.2, -0.15) is 13.2 Å². The lowest BCUT2D eigenvalue weighted by Crippen LogP contribution is -2.48. The minimum Gasteiger partial charge on any atom is -0.474 e. The number of methoxy groups -OCH3 is 1. The Hall–Kier alpha value is -2.65. The number of hydrogen-bond donors (Lipinski definition) is 0. The fourth-order valence-corrected chi connectivity index (χ4v) is 3.75. The van der Waals surface area contributed by atoms with Gasteiger partial charge >= 0.3 is 6.18 Å². The van der Waals surface area contributed by atoms with Crippen LogP contribution in [0.4, 0.5) is 13.2 Å². The van der Waals surface area contributed by atoms with Gasteiger partial charge in [0.15, 0.2) is 0 Å². The molecule has 0 unspecified atom stereocenters. The number of amides is 1. The van der Waals surface area contributed by atoms with E-state index in [4.69, 9.17) is 14.2 Å². The van der Waals surface area contributed by atoms with Crippen molar-refractivity contribution in [2.75, 3.05) is 33.4 Å². The molecule has 1 amide bonds. The number of piperidine rings is 1. The highest BCUT2D eigenvalue weighted by Gasteiger charge is 2.40. The molecule has 0 spiro atoms. The maximum Gasteiger partial charge on any atom is 0.417 e. The van der Waals surface area contributed by atoms with Gasteiger partial charge in [0.2, 0.25) is 5.88 Å². The molecular formula is C22H23F3N2O4. The highest BCUT2D eigenvalue weighted by atomic mass is 19.4. The lowest BCUT2D eigenvalue weighted by Gasteiger charge is -2.40. The first kappa shape index (κ1) is 21.6. The summed E-state index contributed by atoms with van der Waals surface area (Å²) in [7, 11) is 1.65. The zero-order chi connectivity index (χ0) is 22.1. The predicted molar refractivity (Wildman–Crippen MR) is 105 cm³/mol. The number of pyridine rings is 1. The van der Waals surface area contributed by atoms with Crippen LogP contribution in [-0.2, 0) is 21.3 Å². The molecule has 1 aromatic carbocycles. The Balaban J connectivity index is 1.31. The average Bonchev–Trinajstić information content (AvgIpc) is 2.74. The van der Waals surface area contributed by atoms with Crippen LogP contribution < -0.4 is 4.74 Å². The largest absolute Gasteiger partial charge is 0.474 e. The minimum atomic E-state index is -4.43. The molecule has 2 saturated heterocycles. The van der Waals surface area contributed by atoms with Crippen LogP contribution in [0.3, 0.4) is 0 Å². The third-order valence-corrected chi connectivity index (χ3v) is 5.80. The van der Waals surface area contributed by atoms with Gasteiger partial charge in [0, 0.05) is 50.9 Å².